The quantitative estimate of drug-likeness (QED) is 0.436. The van der Waals surface area contributed by atoms with E-state index >= 15 is 0 Å². The number of hydrogen-bond acceptors (Lipinski definition) is 10. The van der Waals surface area contributed by atoms with Crippen LogP contribution >= 0.6 is 0 Å². The number of carbonyl (C=O) groups is 2. The summed E-state index contributed by atoms with van der Waals surface area (Å²) in [5, 5.41) is 14.6. The van der Waals surface area contributed by atoms with E-state index < -0.39 is 16.9 Å². The van der Waals surface area contributed by atoms with Gasteiger partial charge < -0.3 is 19.7 Å². The number of nitrogens with one attached hydrogen (secondary N) is 1. The van der Waals surface area contributed by atoms with Crippen LogP contribution in [0.1, 0.15) is 33.6 Å². The maximum Gasteiger partial charge on any atom is 0.353 e. The number of hydrogen-bond donors (Lipinski definition) is 1. The molecule has 152 valence electrons. The molecule has 1 aliphatic rings. The number of aromatic nitrogens is 2. The van der Waals surface area contributed by atoms with Gasteiger partial charge in [0.25, 0.3) is 0 Å². The Morgan fingerprint density at radius 1 is 1.07 bits per heavy atom. The molecule has 0 atom stereocenters. The standard InChI is InChI=1S/C18H19N5O6/c1-28-17(24)11-7-12(18(25)29-2)9-13(8-11)21-15-14(23(26)27)16(20-10-19-15)22-5-3-4-6-22/h7-10H,3-6H2,1-2H3,(H,19,20,21). The van der Waals surface area contributed by atoms with Crippen LogP contribution in [0.2, 0.25) is 0 Å². The average Bonchev–Trinajstić information content (AvgIpc) is 3.26. The van der Waals surface area contributed by atoms with E-state index in [1.54, 1.807) is 0 Å². The Hall–Kier alpha value is -3.76. The summed E-state index contributed by atoms with van der Waals surface area (Å²) in [6, 6.07) is 4.12. The van der Waals surface area contributed by atoms with Crippen LogP contribution in [0.4, 0.5) is 23.0 Å². The fourth-order valence-electron chi connectivity index (χ4n) is 3.10. The Morgan fingerprint density at radius 2 is 1.66 bits per heavy atom. The third-order valence-corrected chi connectivity index (χ3v) is 4.43. The van der Waals surface area contributed by atoms with E-state index in [0.717, 1.165) is 12.8 Å². The van der Waals surface area contributed by atoms with E-state index in [0.29, 0.717) is 13.1 Å². The molecule has 1 N–H and O–H groups in total. The third-order valence-electron chi connectivity index (χ3n) is 4.43. The molecule has 1 aromatic carbocycles. The van der Waals surface area contributed by atoms with Crippen molar-refractivity contribution < 1.29 is 24.0 Å². The summed E-state index contributed by atoms with van der Waals surface area (Å²) in [5.74, 6) is -1.17. The summed E-state index contributed by atoms with van der Waals surface area (Å²) in [6.45, 7) is 1.34. The highest BCUT2D eigenvalue weighted by Crippen LogP contribution is 2.35. The second kappa shape index (κ2) is 8.50. The minimum atomic E-state index is -0.672. The van der Waals surface area contributed by atoms with Crippen LogP contribution in [0.3, 0.4) is 0 Å². The number of nitro groups is 1. The topological polar surface area (TPSA) is 137 Å². The predicted octanol–water partition coefficient (Wildman–Crippen LogP) is 2.30. The first-order valence-corrected chi connectivity index (χ1v) is 8.77. The van der Waals surface area contributed by atoms with Crippen molar-refractivity contribution in [2.24, 2.45) is 0 Å². The normalized spacial score (nSPS) is 13.1. The highest BCUT2D eigenvalue weighted by Gasteiger charge is 2.29. The lowest BCUT2D eigenvalue weighted by Crippen LogP contribution is -2.21. The lowest BCUT2D eigenvalue weighted by atomic mass is 10.1. The molecule has 3 rings (SSSR count). The summed E-state index contributed by atoms with van der Waals surface area (Å²) < 4.78 is 9.40. The van der Waals surface area contributed by atoms with E-state index in [4.69, 9.17) is 9.47 Å². The molecule has 1 aromatic heterocycles. The SMILES string of the molecule is COC(=O)c1cc(Nc2ncnc(N3CCCC3)c2[N+](=O)[O-])cc(C(=O)OC)c1. The third kappa shape index (κ3) is 4.23. The maximum absolute atomic E-state index is 11.9. The van der Waals surface area contributed by atoms with Crippen molar-refractivity contribution in [3.8, 4) is 0 Å². The van der Waals surface area contributed by atoms with E-state index in [1.165, 1.54) is 38.7 Å². The van der Waals surface area contributed by atoms with Crippen LogP contribution in [0.25, 0.3) is 0 Å². The Bertz CT molecular complexity index is 924. The number of nitrogens with zero attached hydrogens (tertiary/aromatic N) is 4. The number of benzene rings is 1. The highest BCUT2D eigenvalue weighted by atomic mass is 16.6. The molecule has 11 nitrogen and oxygen atoms in total. The molecule has 1 aliphatic heterocycles. The monoisotopic (exact) mass is 401 g/mol. The molecule has 0 aliphatic carbocycles. The molecule has 1 fully saturated rings. The van der Waals surface area contributed by atoms with Crippen LogP contribution in [0.15, 0.2) is 24.5 Å². The molecule has 0 amide bonds. The van der Waals surface area contributed by atoms with Crippen molar-refractivity contribution in [3.05, 3.63) is 45.8 Å². The number of rotatable bonds is 6. The fourth-order valence-corrected chi connectivity index (χ4v) is 3.10. The van der Waals surface area contributed by atoms with E-state index in [1.807, 2.05) is 4.90 Å². The number of methoxy groups -OCH3 is 2. The van der Waals surface area contributed by atoms with Crippen LogP contribution in [0.5, 0.6) is 0 Å². The molecule has 0 unspecified atom stereocenters. The molecular weight excluding hydrogens is 382 g/mol. The first-order chi connectivity index (χ1) is 13.9. The van der Waals surface area contributed by atoms with E-state index in [9.17, 15) is 19.7 Å². The lowest BCUT2D eigenvalue weighted by Gasteiger charge is -2.17. The molecule has 0 saturated carbocycles. The highest BCUT2D eigenvalue weighted by molar-refractivity contribution is 5.97. The minimum Gasteiger partial charge on any atom is -0.465 e. The number of anilines is 3. The van der Waals surface area contributed by atoms with Crippen LogP contribution in [-0.4, -0.2) is 54.1 Å². The van der Waals surface area contributed by atoms with Crippen molar-refractivity contribution in [1.29, 1.82) is 0 Å². The van der Waals surface area contributed by atoms with Gasteiger partial charge in [-0.05, 0) is 31.0 Å². The molecule has 29 heavy (non-hydrogen) atoms. The first-order valence-electron chi connectivity index (χ1n) is 8.77. The largest absolute Gasteiger partial charge is 0.465 e. The summed E-state index contributed by atoms with van der Waals surface area (Å²) in [7, 11) is 2.41. The first kappa shape index (κ1) is 20.0. The minimum absolute atomic E-state index is 0.0512. The lowest BCUT2D eigenvalue weighted by molar-refractivity contribution is -0.383. The smallest absolute Gasteiger partial charge is 0.353 e. The summed E-state index contributed by atoms with van der Waals surface area (Å²) >= 11 is 0. The van der Waals surface area contributed by atoms with E-state index in [2.05, 4.69) is 15.3 Å². The van der Waals surface area contributed by atoms with E-state index in [-0.39, 0.29) is 34.1 Å². The van der Waals surface area contributed by atoms with Gasteiger partial charge in [0.15, 0.2) is 0 Å². The number of ether oxygens (including phenoxy) is 2. The molecule has 11 heteroatoms. The molecule has 1 saturated heterocycles. The van der Waals surface area contributed by atoms with Gasteiger partial charge in [0.1, 0.15) is 6.33 Å². The predicted molar refractivity (Wildman–Crippen MR) is 103 cm³/mol. The number of esters is 2. The van der Waals surface area contributed by atoms with Gasteiger partial charge in [-0.2, -0.15) is 0 Å². The maximum atomic E-state index is 11.9. The van der Waals surface area contributed by atoms with Gasteiger partial charge in [-0.15, -0.1) is 0 Å². The van der Waals surface area contributed by atoms with Gasteiger partial charge in [0, 0.05) is 18.8 Å². The molecule has 0 radical (unpaired) electrons. The zero-order valence-corrected chi connectivity index (χ0v) is 15.9. The van der Waals surface area contributed by atoms with Crippen molar-refractivity contribution in [2.45, 2.75) is 12.8 Å². The zero-order valence-electron chi connectivity index (χ0n) is 15.9. The molecule has 2 heterocycles. The van der Waals surface area contributed by atoms with Gasteiger partial charge in [-0.25, -0.2) is 19.6 Å². The van der Waals surface area contributed by atoms with Gasteiger partial charge in [-0.3, -0.25) is 10.1 Å². The Kier molecular flexibility index (Phi) is 5.86. The average molecular weight is 401 g/mol. The van der Waals surface area contributed by atoms with Crippen LogP contribution in [-0.2, 0) is 9.47 Å². The van der Waals surface area contributed by atoms with Crippen molar-refractivity contribution in [3.63, 3.8) is 0 Å². The Morgan fingerprint density at radius 3 is 2.17 bits per heavy atom. The summed E-state index contributed by atoms with van der Waals surface area (Å²) in [4.78, 5) is 45.0. The van der Waals surface area contributed by atoms with Crippen molar-refractivity contribution in [2.75, 3.05) is 37.5 Å². The van der Waals surface area contributed by atoms with Crippen molar-refractivity contribution in [1.82, 2.24) is 9.97 Å². The van der Waals surface area contributed by atoms with Gasteiger partial charge in [0.05, 0.1) is 30.3 Å². The molecule has 2 aromatic rings. The second-order valence-corrected chi connectivity index (χ2v) is 6.25. The van der Waals surface area contributed by atoms with Gasteiger partial charge >= 0.3 is 17.6 Å². The summed E-state index contributed by atoms with van der Waals surface area (Å²) in [6.07, 6.45) is 3.08. The molecule has 0 spiro atoms. The fraction of sp³-hybridized carbons (Fsp3) is 0.333. The Labute approximate surface area is 165 Å². The zero-order chi connectivity index (χ0) is 21.0. The van der Waals surface area contributed by atoms with Crippen LogP contribution in [0, 0.1) is 10.1 Å². The second-order valence-electron chi connectivity index (χ2n) is 6.25. The Balaban J connectivity index is 2.05. The van der Waals surface area contributed by atoms with Crippen molar-refractivity contribution >= 4 is 34.9 Å². The van der Waals surface area contributed by atoms with Crippen LogP contribution < -0.4 is 10.2 Å². The molecular formula is C18H19N5O6. The molecule has 0 bridgehead atoms. The van der Waals surface area contributed by atoms with Gasteiger partial charge in [0.2, 0.25) is 11.6 Å². The number of carbonyl (C=O) groups excluding carboxylic acids is 2. The summed E-state index contributed by atoms with van der Waals surface area (Å²) in [5.41, 5.74) is 0.115. The van der Waals surface area contributed by atoms with Gasteiger partial charge in [-0.1, -0.05) is 0 Å².